The molecule has 158 valence electrons. The van der Waals surface area contributed by atoms with Crippen molar-refractivity contribution in [3.8, 4) is 0 Å². The van der Waals surface area contributed by atoms with Crippen LogP contribution < -0.4 is 9.62 Å². The molecule has 1 atom stereocenters. The quantitative estimate of drug-likeness (QED) is 0.615. The second-order valence-electron chi connectivity index (χ2n) is 7.31. The molecule has 0 aliphatic rings. The van der Waals surface area contributed by atoms with Gasteiger partial charge in [0.2, 0.25) is 15.9 Å². The first-order valence-corrected chi connectivity index (χ1v) is 11.9. The number of hydrogen-bond donors (Lipinski definition) is 1. The van der Waals surface area contributed by atoms with Crippen molar-refractivity contribution in [3.05, 3.63) is 64.2 Å². The smallest absolute Gasteiger partial charge is 0.232 e. The summed E-state index contributed by atoms with van der Waals surface area (Å²) in [7, 11) is -3.49. The Labute approximate surface area is 179 Å². The second-order valence-corrected chi connectivity index (χ2v) is 9.65. The van der Waals surface area contributed by atoms with Crippen molar-refractivity contribution in [1.82, 2.24) is 5.32 Å². The van der Waals surface area contributed by atoms with E-state index in [-0.39, 0.29) is 24.9 Å². The highest BCUT2D eigenvalue weighted by Crippen LogP contribution is 2.26. The summed E-state index contributed by atoms with van der Waals surface area (Å²) >= 11 is 6.05. The van der Waals surface area contributed by atoms with E-state index >= 15 is 0 Å². The topological polar surface area (TPSA) is 66.5 Å². The van der Waals surface area contributed by atoms with Crippen molar-refractivity contribution in [2.75, 3.05) is 17.1 Å². The molecule has 0 saturated carbocycles. The van der Waals surface area contributed by atoms with E-state index in [0.717, 1.165) is 23.8 Å². The molecule has 5 nitrogen and oxygen atoms in total. The predicted octanol–water partition coefficient (Wildman–Crippen LogP) is 4.77. The number of nitrogens with zero attached hydrogens (tertiary/aromatic N) is 1. The van der Waals surface area contributed by atoms with Crippen molar-refractivity contribution in [1.29, 1.82) is 0 Å². The fourth-order valence-electron chi connectivity index (χ4n) is 3.19. The van der Waals surface area contributed by atoms with Gasteiger partial charge in [0.05, 0.1) is 18.0 Å². The molecule has 0 fully saturated rings. The van der Waals surface area contributed by atoms with Crippen LogP contribution in [-0.4, -0.2) is 27.1 Å². The molecule has 0 spiro atoms. The molecule has 0 aliphatic heterocycles. The highest BCUT2D eigenvalue weighted by Gasteiger charge is 2.20. The number of anilines is 1. The van der Waals surface area contributed by atoms with Crippen LogP contribution in [0.15, 0.2) is 42.5 Å². The number of amides is 1. The van der Waals surface area contributed by atoms with E-state index in [9.17, 15) is 13.2 Å². The fourth-order valence-corrected chi connectivity index (χ4v) is 4.37. The first-order chi connectivity index (χ1) is 13.6. The number of aryl methyl sites for hydroxylation is 2. The maximum atomic E-state index is 12.4. The summed E-state index contributed by atoms with van der Waals surface area (Å²) in [5, 5.41) is 3.52. The number of benzene rings is 2. The number of carbonyl (C=O) groups is 1. The molecule has 0 radical (unpaired) electrons. The molecule has 1 N–H and O–H groups in total. The molecular weight excluding hydrogens is 408 g/mol. The van der Waals surface area contributed by atoms with Crippen LogP contribution in [0.5, 0.6) is 0 Å². The molecule has 0 aliphatic carbocycles. The Kier molecular flexibility index (Phi) is 8.11. The van der Waals surface area contributed by atoms with Crippen LogP contribution in [0.1, 0.15) is 48.9 Å². The number of rotatable bonds is 9. The Morgan fingerprint density at radius 2 is 1.79 bits per heavy atom. The Morgan fingerprint density at radius 1 is 1.14 bits per heavy atom. The SMILES string of the molecule is CCC(NC(=O)CCCN(c1cc(Cl)ccc1C)S(C)(=O)=O)c1ccc(C)cc1. The maximum absolute atomic E-state index is 12.4. The van der Waals surface area contributed by atoms with Crippen LogP contribution in [0.2, 0.25) is 5.02 Å². The number of halogens is 1. The minimum Gasteiger partial charge on any atom is -0.349 e. The van der Waals surface area contributed by atoms with Gasteiger partial charge in [-0.3, -0.25) is 9.10 Å². The van der Waals surface area contributed by atoms with Crippen LogP contribution in [0.3, 0.4) is 0 Å². The third-order valence-corrected chi connectivity index (χ3v) is 6.24. The number of carbonyl (C=O) groups excluding carboxylic acids is 1. The number of nitrogens with one attached hydrogen (secondary N) is 1. The van der Waals surface area contributed by atoms with E-state index in [1.54, 1.807) is 18.2 Å². The van der Waals surface area contributed by atoms with Crippen LogP contribution in [0, 0.1) is 13.8 Å². The van der Waals surface area contributed by atoms with Gasteiger partial charge in [-0.15, -0.1) is 0 Å². The molecule has 7 heteroatoms. The molecule has 1 amide bonds. The molecule has 0 aromatic heterocycles. The zero-order chi connectivity index (χ0) is 21.6. The second kappa shape index (κ2) is 10.1. The van der Waals surface area contributed by atoms with E-state index in [0.29, 0.717) is 17.1 Å². The lowest BCUT2D eigenvalue weighted by molar-refractivity contribution is -0.121. The molecule has 29 heavy (non-hydrogen) atoms. The van der Waals surface area contributed by atoms with Gasteiger partial charge >= 0.3 is 0 Å². The van der Waals surface area contributed by atoms with Crippen LogP contribution >= 0.6 is 11.6 Å². The van der Waals surface area contributed by atoms with Crippen molar-refractivity contribution in [3.63, 3.8) is 0 Å². The summed E-state index contributed by atoms with van der Waals surface area (Å²) < 4.78 is 25.9. The number of hydrogen-bond acceptors (Lipinski definition) is 3. The molecule has 0 bridgehead atoms. The van der Waals surface area contributed by atoms with Gasteiger partial charge in [0.1, 0.15) is 0 Å². The van der Waals surface area contributed by atoms with Crippen molar-refractivity contribution >= 4 is 33.2 Å². The van der Waals surface area contributed by atoms with Gasteiger partial charge in [0, 0.05) is 18.0 Å². The summed E-state index contributed by atoms with van der Waals surface area (Å²) in [6, 6.07) is 13.2. The Morgan fingerprint density at radius 3 is 2.38 bits per heavy atom. The van der Waals surface area contributed by atoms with Crippen LogP contribution in [-0.2, 0) is 14.8 Å². The van der Waals surface area contributed by atoms with Crippen molar-refractivity contribution < 1.29 is 13.2 Å². The summed E-state index contributed by atoms with van der Waals surface area (Å²) in [4.78, 5) is 12.4. The van der Waals surface area contributed by atoms with Gasteiger partial charge in [-0.05, 0) is 49.9 Å². The summed E-state index contributed by atoms with van der Waals surface area (Å²) in [5.41, 5.74) is 3.60. The number of sulfonamides is 1. The zero-order valence-electron chi connectivity index (χ0n) is 17.4. The summed E-state index contributed by atoms with van der Waals surface area (Å²) in [6.07, 6.45) is 2.60. The molecule has 2 aromatic carbocycles. The Hall–Kier alpha value is -2.05. The minimum absolute atomic E-state index is 0.0516. The summed E-state index contributed by atoms with van der Waals surface area (Å²) in [6.45, 7) is 6.11. The lowest BCUT2D eigenvalue weighted by atomic mass is 10.0. The molecule has 1 unspecified atom stereocenters. The molecule has 2 rings (SSSR count). The molecule has 2 aromatic rings. The minimum atomic E-state index is -3.49. The van der Waals surface area contributed by atoms with Gasteiger partial charge in [-0.1, -0.05) is 54.4 Å². The monoisotopic (exact) mass is 436 g/mol. The predicted molar refractivity (Wildman–Crippen MR) is 120 cm³/mol. The van der Waals surface area contributed by atoms with Crippen molar-refractivity contribution in [2.24, 2.45) is 0 Å². The third-order valence-electron chi connectivity index (χ3n) is 4.83. The van der Waals surface area contributed by atoms with E-state index in [2.05, 4.69) is 5.32 Å². The van der Waals surface area contributed by atoms with E-state index in [1.807, 2.05) is 45.0 Å². The Balaban J connectivity index is 2.00. The van der Waals surface area contributed by atoms with Gasteiger partial charge in [-0.25, -0.2) is 8.42 Å². The average Bonchev–Trinajstić information content (AvgIpc) is 2.65. The first kappa shape index (κ1) is 23.2. The van der Waals surface area contributed by atoms with E-state index in [1.165, 1.54) is 9.87 Å². The standard InChI is InChI=1S/C22H29ClN2O3S/c1-5-20(18-11-8-16(2)9-12-18)24-22(26)7-6-14-25(29(4,27)28)21-15-19(23)13-10-17(21)3/h8-13,15,20H,5-7,14H2,1-4H3,(H,24,26). The largest absolute Gasteiger partial charge is 0.349 e. The Bertz CT molecular complexity index is 943. The van der Waals surface area contributed by atoms with Crippen LogP contribution in [0.25, 0.3) is 0 Å². The lowest BCUT2D eigenvalue weighted by Gasteiger charge is -2.24. The molecule has 0 saturated heterocycles. The average molecular weight is 437 g/mol. The zero-order valence-corrected chi connectivity index (χ0v) is 19.0. The maximum Gasteiger partial charge on any atom is 0.232 e. The third kappa shape index (κ3) is 6.75. The highest BCUT2D eigenvalue weighted by atomic mass is 35.5. The lowest BCUT2D eigenvalue weighted by Crippen LogP contribution is -2.33. The van der Waals surface area contributed by atoms with Gasteiger partial charge in [-0.2, -0.15) is 0 Å². The normalized spacial score (nSPS) is 12.4. The van der Waals surface area contributed by atoms with Gasteiger partial charge in [0.15, 0.2) is 0 Å². The van der Waals surface area contributed by atoms with Gasteiger partial charge in [0.25, 0.3) is 0 Å². The van der Waals surface area contributed by atoms with Crippen LogP contribution in [0.4, 0.5) is 5.69 Å². The highest BCUT2D eigenvalue weighted by molar-refractivity contribution is 7.92. The van der Waals surface area contributed by atoms with Crippen molar-refractivity contribution in [2.45, 2.75) is 46.1 Å². The first-order valence-electron chi connectivity index (χ1n) is 9.71. The fraction of sp³-hybridized carbons (Fsp3) is 0.409. The van der Waals surface area contributed by atoms with E-state index < -0.39 is 10.0 Å². The molecular formula is C22H29ClN2O3S. The van der Waals surface area contributed by atoms with E-state index in [4.69, 9.17) is 11.6 Å². The van der Waals surface area contributed by atoms with Gasteiger partial charge < -0.3 is 5.32 Å². The molecule has 0 heterocycles. The summed E-state index contributed by atoms with van der Waals surface area (Å²) in [5.74, 6) is -0.0892.